The highest BCUT2D eigenvalue weighted by atomic mass is 15.0. The summed E-state index contributed by atoms with van der Waals surface area (Å²) in [5, 5.41) is 3.52. The van der Waals surface area contributed by atoms with Gasteiger partial charge in [0.25, 0.3) is 0 Å². The Hall–Kier alpha value is -0.0400. The minimum atomic E-state index is 0.911. The molecule has 0 aromatic rings. The van der Waals surface area contributed by atoms with Gasteiger partial charge in [-0.3, -0.25) is 0 Å². The Labute approximate surface area is 50.5 Å². The Balaban J connectivity index is 2.03. The van der Waals surface area contributed by atoms with Gasteiger partial charge in [-0.15, -0.1) is 0 Å². The van der Waals surface area contributed by atoms with Gasteiger partial charge >= 0.3 is 0 Å². The second kappa shape index (κ2) is 1.73. The largest absolute Gasteiger partial charge is 0.314 e. The molecule has 1 aliphatic carbocycles. The van der Waals surface area contributed by atoms with Crippen LogP contribution in [0.15, 0.2) is 0 Å². The van der Waals surface area contributed by atoms with Crippen LogP contribution in [0.25, 0.3) is 0 Å². The number of hydrogen-bond donors (Lipinski definition) is 1. The normalized spacial score (nSPS) is 45.0. The zero-order valence-corrected chi connectivity index (χ0v) is 5.19. The Kier molecular flexibility index (Phi) is 1.04. The van der Waals surface area contributed by atoms with E-state index in [1.807, 2.05) is 0 Å². The predicted octanol–water partition coefficient (Wildman–Crippen LogP) is 1.15. The standard InChI is InChI=1S/C7H13N/c1-2-6-4-7(3-1)8-5-6/h6-8H,1-5H2/t6-,7+/m1/s1. The number of fused-ring (bicyclic) bond motifs is 2. The van der Waals surface area contributed by atoms with E-state index in [0.29, 0.717) is 0 Å². The van der Waals surface area contributed by atoms with Gasteiger partial charge in [-0.05, 0) is 31.7 Å². The molecular formula is C7H13N. The van der Waals surface area contributed by atoms with Crippen molar-refractivity contribution in [3.8, 4) is 0 Å². The van der Waals surface area contributed by atoms with Crippen LogP contribution in [0, 0.1) is 5.92 Å². The minimum Gasteiger partial charge on any atom is -0.314 e. The highest BCUT2D eigenvalue weighted by molar-refractivity contribution is 4.85. The molecule has 2 atom stereocenters. The third-order valence-corrected chi connectivity index (χ3v) is 2.48. The molecule has 0 amide bonds. The van der Waals surface area contributed by atoms with Crippen LogP contribution in [-0.4, -0.2) is 12.6 Å². The van der Waals surface area contributed by atoms with Crippen molar-refractivity contribution in [3.05, 3.63) is 0 Å². The molecule has 2 aliphatic rings. The third-order valence-electron chi connectivity index (χ3n) is 2.48. The van der Waals surface area contributed by atoms with Crippen LogP contribution >= 0.6 is 0 Å². The molecule has 1 saturated heterocycles. The summed E-state index contributed by atoms with van der Waals surface area (Å²) >= 11 is 0. The lowest BCUT2D eigenvalue weighted by Crippen LogP contribution is -2.20. The van der Waals surface area contributed by atoms with Gasteiger partial charge in [-0.25, -0.2) is 0 Å². The lowest BCUT2D eigenvalue weighted by atomic mass is 9.91. The van der Waals surface area contributed by atoms with Crippen molar-refractivity contribution in [2.75, 3.05) is 6.54 Å². The Morgan fingerprint density at radius 3 is 3.00 bits per heavy atom. The summed E-state index contributed by atoms with van der Waals surface area (Å²) in [5.74, 6) is 1.05. The van der Waals surface area contributed by atoms with E-state index in [2.05, 4.69) is 5.32 Å². The third kappa shape index (κ3) is 0.655. The van der Waals surface area contributed by atoms with Crippen LogP contribution in [-0.2, 0) is 0 Å². The van der Waals surface area contributed by atoms with Gasteiger partial charge in [-0.2, -0.15) is 0 Å². The van der Waals surface area contributed by atoms with Crippen LogP contribution in [0.3, 0.4) is 0 Å². The lowest BCUT2D eigenvalue weighted by Gasteiger charge is -2.15. The Bertz CT molecular complexity index is 76.4. The smallest absolute Gasteiger partial charge is 0.00702 e. The number of nitrogens with one attached hydrogen (secondary N) is 1. The maximum atomic E-state index is 3.52. The first kappa shape index (κ1) is 4.80. The summed E-state index contributed by atoms with van der Waals surface area (Å²) in [7, 11) is 0. The predicted molar refractivity (Wildman–Crippen MR) is 33.7 cm³/mol. The van der Waals surface area contributed by atoms with Crippen LogP contribution in [0.2, 0.25) is 0 Å². The SMILES string of the molecule is C1C[C@H]2CN[C@@H](C1)C2. The monoisotopic (exact) mass is 111 g/mol. The van der Waals surface area contributed by atoms with Crippen LogP contribution in [0.5, 0.6) is 0 Å². The summed E-state index contributed by atoms with van der Waals surface area (Å²) in [4.78, 5) is 0. The average molecular weight is 111 g/mol. The topological polar surface area (TPSA) is 12.0 Å². The summed E-state index contributed by atoms with van der Waals surface area (Å²) < 4.78 is 0. The van der Waals surface area contributed by atoms with Crippen molar-refractivity contribution >= 4 is 0 Å². The zero-order chi connectivity index (χ0) is 5.40. The second-order valence-electron chi connectivity index (χ2n) is 3.14. The molecule has 2 fully saturated rings. The van der Waals surface area contributed by atoms with Crippen LogP contribution in [0.4, 0.5) is 0 Å². The van der Waals surface area contributed by atoms with Crippen molar-refractivity contribution in [1.29, 1.82) is 0 Å². The quantitative estimate of drug-likeness (QED) is 0.494. The lowest BCUT2D eigenvalue weighted by molar-refractivity contribution is 0.410. The Morgan fingerprint density at radius 1 is 1.25 bits per heavy atom. The minimum absolute atomic E-state index is 0.911. The first-order valence-corrected chi connectivity index (χ1v) is 3.68. The molecule has 0 spiro atoms. The summed E-state index contributed by atoms with van der Waals surface area (Å²) in [6.45, 7) is 1.31. The van der Waals surface area contributed by atoms with Crippen molar-refractivity contribution in [3.63, 3.8) is 0 Å². The van der Waals surface area contributed by atoms with Crippen molar-refractivity contribution in [1.82, 2.24) is 5.32 Å². The molecule has 2 rings (SSSR count). The molecule has 1 heterocycles. The fourth-order valence-electron chi connectivity index (χ4n) is 2.00. The van der Waals surface area contributed by atoms with E-state index in [-0.39, 0.29) is 0 Å². The van der Waals surface area contributed by atoms with E-state index < -0.39 is 0 Å². The van der Waals surface area contributed by atoms with Crippen molar-refractivity contribution < 1.29 is 0 Å². The molecule has 1 N–H and O–H groups in total. The molecule has 0 unspecified atom stereocenters. The molecule has 1 heteroatoms. The molecule has 0 aromatic carbocycles. The molecule has 2 bridgehead atoms. The molecule has 1 aliphatic heterocycles. The maximum Gasteiger partial charge on any atom is 0.00702 e. The van der Waals surface area contributed by atoms with E-state index in [0.717, 1.165) is 12.0 Å². The fraction of sp³-hybridized carbons (Fsp3) is 1.00. The van der Waals surface area contributed by atoms with E-state index in [9.17, 15) is 0 Å². The number of rotatable bonds is 0. The van der Waals surface area contributed by atoms with Gasteiger partial charge in [0.15, 0.2) is 0 Å². The van der Waals surface area contributed by atoms with Crippen molar-refractivity contribution in [2.45, 2.75) is 31.7 Å². The van der Waals surface area contributed by atoms with E-state index >= 15 is 0 Å². The van der Waals surface area contributed by atoms with Gasteiger partial charge in [0.05, 0.1) is 0 Å². The van der Waals surface area contributed by atoms with E-state index in [1.54, 1.807) is 0 Å². The fourth-order valence-corrected chi connectivity index (χ4v) is 2.00. The van der Waals surface area contributed by atoms with Crippen LogP contribution in [0.1, 0.15) is 25.7 Å². The molecule has 1 nitrogen and oxygen atoms in total. The molecule has 0 radical (unpaired) electrons. The summed E-state index contributed by atoms with van der Waals surface area (Å²) in [6, 6.07) is 0.911. The highest BCUT2D eigenvalue weighted by Crippen LogP contribution is 2.28. The van der Waals surface area contributed by atoms with Gasteiger partial charge in [0, 0.05) is 6.04 Å². The average Bonchev–Trinajstić information content (AvgIpc) is 2.12. The molecule has 1 saturated carbocycles. The first-order valence-electron chi connectivity index (χ1n) is 3.68. The van der Waals surface area contributed by atoms with Crippen molar-refractivity contribution in [2.24, 2.45) is 5.92 Å². The maximum absolute atomic E-state index is 3.52. The molecule has 0 aromatic heterocycles. The summed E-state index contributed by atoms with van der Waals surface area (Å²) in [5.41, 5.74) is 0. The van der Waals surface area contributed by atoms with Gasteiger partial charge in [0.2, 0.25) is 0 Å². The first-order chi connectivity index (χ1) is 3.95. The van der Waals surface area contributed by atoms with Crippen LogP contribution < -0.4 is 5.32 Å². The molecule has 8 heavy (non-hydrogen) atoms. The van der Waals surface area contributed by atoms with Gasteiger partial charge in [0.1, 0.15) is 0 Å². The van der Waals surface area contributed by atoms with Gasteiger partial charge < -0.3 is 5.32 Å². The van der Waals surface area contributed by atoms with E-state index in [1.165, 1.54) is 32.2 Å². The molecule has 46 valence electrons. The molecular weight excluding hydrogens is 98.1 g/mol. The highest BCUT2D eigenvalue weighted by Gasteiger charge is 2.27. The van der Waals surface area contributed by atoms with Gasteiger partial charge in [-0.1, -0.05) is 6.42 Å². The zero-order valence-electron chi connectivity index (χ0n) is 5.19. The summed E-state index contributed by atoms with van der Waals surface area (Å²) in [6.07, 6.45) is 5.88. The second-order valence-corrected chi connectivity index (χ2v) is 3.14. The Morgan fingerprint density at radius 2 is 2.25 bits per heavy atom. The number of hydrogen-bond acceptors (Lipinski definition) is 1. The van der Waals surface area contributed by atoms with E-state index in [4.69, 9.17) is 0 Å².